The Hall–Kier alpha value is -1.06. The van der Waals surface area contributed by atoms with E-state index >= 15 is 0 Å². The Kier molecular flexibility index (Phi) is 9.09. The molecule has 0 aromatic rings. The van der Waals surface area contributed by atoms with E-state index in [0.29, 0.717) is 11.9 Å². The van der Waals surface area contributed by atoms with E-state index in [-0.39, 0.29) is 17.4 Å². The quantitative estimate of drug-likeness (QED) is 0.365. The maximum absolute atomic E-state index is 14.2. The van der Waals surface area contributed by atoms with Crippen LogP contribution < -0.4 is 5.73 Å². The second-order valence-corrected chi connectivity index (χ2v) is 12.1. The minimum Gasteiger partial charge on any atom is -0.369 e. The fourth-order valence-electron chi connectivity index (χ4n) is 7.02. The molecular formula is C28H51N3O. The van der Waals surface area contributed by atoms with Crippen LogP contribution in [-0.2, 0) is 4.79 Å². The smallest absolute Gasteiger partial charge is 0.257 e. The van der Waals surface area contributed by atoms with E-state index in [4.69, 9.17) is 10.7 Å². The molecule has 0 radical (unpaired) electrons. The van der Waals surface area contributed by atoms with Crippen molar-refractivity contribution in [1.82, 2.24) is 4.90 Å². The summed E-state index contributed by atoms with van der Waals surface area (Å²) in [7, 11) is 0. The first-order valence-corrected chi connectivity index (χ1v) is 14.0. The standard InChI is InChI=1S/C28H51N3O/c1-5-18-27(3,4)21-24(6-2)31-25(32)28(30-26(31)29,20-23-15-11-8-12-16-23)19-17-22-13-9-7-10-14-22/h22-24H,5-21H2,1-4H3,(H2,29,30)/t24?,28-/m1/s1. The number of carbonyl (C=O) groups is 1. The molecule has 1 aliphatic heterocycles. The van der Waals surface area contributed by atoms with Gasteiger partial charge in [0.15, 0.2) is 5.96 Å². The summed E-state index contributed by atoms with van der Waals surface area (Å²) in [5.41, 5.74) is 6.21. The molecule has 2 atom stereocenters. The first kappa shape index (κ1) is 25.6. The van der Waals surface area contributed by atoms with E-state index in [1.807, 2.05) is 4.90 Å². The van der Waals surface area contributed by atoms with Crippen LogP contribution in [0.25, 0.3) is 0 Å². The van der Waals surface area contributed by atoms with Gasteiger partial charge < -0.3 is 5.73 Å². The number of hydrogen-bond donors (Lipinski definition) is 1. The molecule has 0 bridgehead atoms. The van der Waals surface area contributed by atoms with Crippen LogP contribution in [0.3, 0.4) is 0 Å². The molecule has 0 aromatic carbocycles. The molecule has 4 heteroatoms. The van der Waals surface area contributed by atoms with Gasteiger partial charge in [-0.25, -0.2) is 4.99 Å². The van der Waals surface area contributed by atoms with Gasteiger partial charge in [0.05, 0.1) is 0 Å². The predicted molar refractivity (Wildman–Crippen MR) is 136 cm³/mol. The third-order valence-electron chi connectivity index (χ3n) is 8.79. The number of aliphatic imine (C=N–C) groups is 1. The average molecular weight is 446 g/mol. The molecule has 1 amide bonds. The highest BCUT2D eigenvalue weighted by Gasteiger charge is 2.50. The van der Waals surface area contributed by atoms with Crippen molar-refractivity contribution in [3.8, 4) is 0 Å². The normalized spacial score (nSPS) is 27.1. The number of carbonyl (C=O) groups excluding carboxylic acids is 1. The Balaban J connectivity index is 1.79. The van der Waals surface area contributed by atoms with Crippen molar-refractivity contribution >= 4 is 11.9 Å². The van der Waals surface area contributed by atoms with Crippen molar-refractivity contribution in [2.75, 3.05) is 0 Å². The highest BCUT2D eigenvalue weighted by Crippen LogP contribution is 2.42. The fraction of sp³-hybridized carbons (Fsp3) is 0.929. The molecule has 4 nitrogen and oxygen atoms in total. The van der Waals surface area contributed by atoms with Gasteiger partial charge in [-0.2, -0.15) is 0 Å². The van der Waals surface area contributed by atoms with Crippen molar-refractivity contribution < 1.29 is 4.79 Å². The zero-order valence-electron chi connectivity index (χ0n) is 21.6. The Morgan fingerprint density at radius 1 is 1.03 bits per heavy atom. The summed E-state index contributed by atoms with van der Waals surface area (Å²) in [4.78, 5) is 21.2. The monoisotopic (exact) mass is 445 g/mol. The van der Waals surface area contributed by atoms with Crippen molar-refractivity contribution in [3.63, 3.8) is 0 Å². The van der Waals surface area contributed by atoms with Gasteiger partial charge in [-0.15, -0.1) is 0 Å². The molecule has 0 aromatic heterocycles. The summed E-state index contributed by atoms with van der Waals surface area (Å²) >= 11 is 0. The molecule has 3 rings (SSSR count). The van der Waals surface area contributed by atoms with Gasteiger partial charge in [0.25, 0.3) is 5.91 Å². The molecule has 2 saturated carbocycles. The summed E-state index contributed by atoms with van der Waals surface area (Å²) in [6.45, 7) is 9.13. The Morgan fingerprint density at radius 3 is 2.19 bits per heavy atom. The predicted octanol–water partition coefficient (Wildman–Crippen LogP) is 7.21. The van der Waals surface area contributed by atoms with Gasteiger partial charge in [-0.05, 0) is 55.8 Å². The Bertz CT molecular complexity index is 631. The molecule has 2 aliphatic carbocycles. The topological polar surface area (TPSA) is 58.7 Å². The van der Waals surface area contributed by atoms with Crippen molar-refractivity contribution in [2.45, 2.75) is 148 Å². The number of hydrogen-bond acceptors (Lipinski definition) is 3. The van der Waals surface area contributed by atoms with Crippen LogP contribution >= 0.6 is 0 Å². The van der Waals surface area contributed by atoms with E-state index in [9.17, 15) is 4.79 Å². The summed E-state index contributed by atoms with van der Waals surface area (Å²) in [5, 5.41) is 0. The van der Waals surface area contributed by atoms with Gasteiger partial charge in [0.2, 0.25) is 0 Å². The van der Waals surface area contributed by atoms with Crippen LogP contribution in [-0.4, -0.2) is 28.3 Å². The van der Waals surface area contributed by atoms with Crippen LogP contribution in [0.2, 0.25) is 0 Å². The van der Waals surface area contributed by atoms with Crippen LogP contribution in [0.15, 0.2) is 4.99 Å². The lowest BCUT2D eigenvalue weighted by atomic mass is 9.74. The molecule has 1 unspecified atom stereocenters. The third-order valence-corrected chi connectivity index (χ3v) is 8.79. The maximum Gasteiger partial charge on any atom is 0.257 e. The van der Waals surface area contributed by atoms with E-state index in [2.05, 4.69) is 27.7 Å². The van der Waals surface area contributed by atoms with E-state index in [1.54, 1.807) is 0 Å². The lowest BCUT2D eigenvalue weighted by Gasteiger charge is -2.37. The van der Waals surface area contributed by atoms with Gasteiger partial charge in [0.1, 0.15) is 5.54 Å². The lowest BCUT2D eigenvalue weighted by Crippen LogP contribution is -2.51. The van der Waals surface area contributed by atoms with E-state index < -0.39 is 5.54 Å². The van der Waals surface area contributed by atoms with Gasteiger partial charge in [-0.3, -0.25) is 9.69 Å². The first-order chi connectivity index (χ1) is 15.3. The molecule has 2 fully saturated rings. The number of guanidine groups is 1. The van der Waals surface area contributed by atoms with Gasteiger partial charge >= 0.3 is 0 Å². The minimum absolute atomic E-state index is 0.163. The minimum atomic E-state index is -0.591. The first-order valence-electron chi connectivity index (χ1n) is 14.0. The Labute approximate surface area is 198 Å². The second kappa shape index (κ2) is 11.4. The van der Waals surface area contributed by atoms with Crippen LogP contribution in [0.4, 0.5) is 0 Å². The molecule has 3 aliphatic rings. The summed E-state index contributed by atoms with van der Waals surface area (Å²) in [6, 6.07) is 0.163. The van der Waals surface area contributed by atoms with Crippen LogP contribution in [0.1, 0.15) is 137 Å². The second-order valence-electron chi connectivity index (χ2n) is 12.1. The van der Waals surface area contributed by atoms with Crippen molar-refractivity contribution in [2.24, 2.45) is 28.0 Å². The number of nitrogens with zero attached hydrogens (tertiary/aromatic N) is 2. The largest absolute Gasteiger partial charge is 0.369 e. The molecular weight excluding hydrogens is 394 g/mol. The van der Waals surface area contributed by atoms with E-state index in [0.717, 1.165) is 38.0 Å². The number of nitrogens with two attached hydrogens (primary N) is 1. The molecule has 1 heterocycles. The molecule has 32 heavy (non-hydrogen) atoms. The number of rotatable bonds is 11. The van der Waals surface area contributed by atoms with Crippen molar-refractivity contribution in [3.05, 3.63) is 0 Å². The van der Waals surface area contributed by atoms with E-state index in [1.165, 1.54) is 77.0 Å². The summed E-state index contributed by atoms with van der Waals surface area (Å²) in [5.74, 6) is 2.15. The highest BCUT2D eigenvalue weighted by molar-refractivity contribution is 6.07. The zero-order valence-corrected chi connectivity index (χ0v) is 21.6. The maximum atomic E-state index is 14.2. The highest BCUT2D eigenvalue weighted by atomic mass is 16.2. The molecule has 0 saturated heterocycles. The summed E-state index contributed by atoms with van der Waals surface area (Å²) < 4.78 is 0. The van der Waals surface area contributed by atoms with Crippen LogP contribution in [0, 0.1) is 17.3 Å². The average Bonchev–Trinajstić information content (AvgIpc) is 3.01. The SMILES string of the molecule is CCCC(C)(C)CC(CC)N1C(=O)[C@@](CCC2CCCCC2)(CC2CCCCC2)N=C1N. The Morgan fingerprint density at radius 2 is 1.62 bits per heavy atom. The molecule has 2 N–H and O–H groups in total. The van der Waals surface area contributed by atoms with Gasteiger partial charge in [-0.1, -0.05) is 98.3 Å². The van der Waals surface area contributed by atoms with Crippen LogP contribution in [0.5, 0.6) is 0 Å². The van der Waals surface area contributed by atoms with Gasteiger partial charge in [0, 0.05) is 6.04 Å². The summed E-state index contributed by atoms with van der Waals surface area (Å²) in [6.07, 6.45) is 20.5. The molecule has 184 valence electrons. The lowest BCUT2D eigenvalue weighted by molar-refractivity contribution is -0.134. The fourth-order valence-corrected chi connectivity index (χ4v) is 7.02. The number of amides is 1. The third kappa shape index (κ3) is 6.29. The molecule has 0 spiro atoms. The zero-order chi connectivity index (χ0) is 23.2. The van der Waals surface area contributed by atoms with Crippen molar-refractivity contribution in [1.29, 1.82) is 0 Å².